The maximum Gasteiger partial charge on any atom is 0.306 e. The van der Waals surface area contributed by atoms with E-state index < -0.39 is 46.1 Å². The summed E-state index contributed by atoms with van der Waals surface area (Å²) in [5.74, 6) is -2.08. The molecule has 0 amide bonds. The highest BCUT2D eigenvalue weighted by atomic mass is 19.1. The van der Waals surface area contributed by atoms with Crippen LogP contribution in [0.15, 0.2) is 23.8 Å². The van der Waals surface area contributed by atoms with E-state index in [4.69, 9.17) is 4.74 Å². The Bertz CT molecular complexity index is 974. The molecule has 1 N–H and O–H groups in total. The van der Waals surface area contributed by atoms with E-state index in [-0.39, 0.29) is 54.8 Å². The molecule has 4 aliphatic rings. The molecule has 0 saturated heterocycles. The molecule has 0 heterocycles. The lowest BCUT2D eigenvalue weighted by Gasteiger charge is -2.67. The fourth-order valence-corrected chi connectivity index (χ4v) is 8.45. The molecule has 188 valence electrons. The number of aliphatic hydroxyl groups excluding tert-OH is 1. The van der Waals surface area contributed by atoms with E-state index in [1.165, 1.54) is 18.2 Å². The number of halogens is 2. The van der Waals surface area contributed by atoms with Gasteiger partial charge in [0.1, 0.15) is 12.8 Å². The molecule has 3 saturated carbocycles. The van der Waals surface area contributed by atoms with E-state index in [0.29, 0.717) is 12.8 Å². The number of carbonyl (C=O) groups excluding carboxylic acids is 3. The molecule has 4 aliphatic carbocycles. The van der Waals surface area contributed by atoms with E-state index >= 15 is 8.78 Å². The van der Waals surface area contributed by atoms with Crippen LogP contribution >= 0.6 is 0 Å². The third-order valence-corrected chi connectivity index (χ3v) is 9.73. The van der Waals surface area contributed by atoms with Crippen molar-refractivity contribution in [1.82, 2.24) is 0 Å². The first kappa shape index (κ1) is 25.2. The summed E-state index contributed by atoms with van der Waals surface area (Å²) < 4.78 is 38.3. The van der Waals surface area contributed by atoms with Gasteiger partial charge in [-0.15, -0.1) is 0 Å². The van der Waals surface area contributed by atoms with Gasteiger partial charge < -0.3 is 9.84 Å². The Morgan fingerprint density at radius 1 is 1.24 bits per heavy atom. The highest BCUT2D eigenvalue weighted by molar-refractivity contribution is 6.01. The van der Waals surface area contributed by atoms with Crippen LogP contribution in [0.4, 0.5) is 8.78 Å². The molecule has 0 bridgehead atoms. The Hall–Kier alpha value is -1.89. The minimum Gasteiger partial charge on any atom is -0.458 e. The number of esters is 1. The largest absolute Gasteiger partial charge is 0.458 e. The molecule has 0 unspecified atom stereocenters. The SMILES string of the molecule is CCCC(=O)OCC(=O)[C@H]1[C@H](C)C[C@@H]2[C@]1(C)C[C@H](O)[C@]1(F)[C@@]3(C)C=CC(=O)C=C3[C@@H](F)C[C@@]21C. The van der Waals surface area contributed by atoms with Crippen molar-refractivity contribution < 1.29 is 33.0 Å². The average Bonchev–Trinajstić information content (AvgIpc) is 3.02. The first-order valence-corrected chi connectivity index (χ1v) is 12.4. The van der Waals surface area contributed by atoms with Crippen molar-refractivity contribution in [2.24, 2.45) is 34.0 Å². The maximum atomic E-state index is 17.4. The molecule has 0 aromatic carbocycles. The van der Waals surface area contributed by atoms with Crippen molar-refractivity contribution in [2.75, 3.05) is 6.61 Å². The minimum atomic E-state index is -2.21. The van der Waals surface area contributed by atoms with Gasteiger partial charge in [0.05, 0.1) is 6.10 Å². The first-order valence-electron chi connectivity index (χ1n) is 12.4. The number of aliphatic hydroxyl groups is 1. The Kier molecular flexibility index (Phi) is 5.99. The van der Waals surface area contributed by atoms with E-state index in [9.17, 15) is 19.5 Å². The van der Waals surface area contributed by atoms with Gasteiger partial charge >= 0.3 is 5.97 Å². The third kappa shape index (κ3) is 3.14. The summed E-state index contributed by atoms with van der Waals surface area (Å²) in [7, 11) is 0. The number of ketones is 2. The monoisotopic (exact) mass is 478 g/mol. The molecule has 0 aromatic rings. The zero-order valence-electron chi connectivity index (χ0n) is 20.7. The Labute approximate surface area is 200 Å². The summed E-state index contributed by atoms with van der Waals surface area (Å²) in [5.41, 5.74) is -5.62. The van der Waals surface area contributed by atoms with Crippen molar-refractivity contribution in [3.63, 3.8) is 0 Å². The predicted molar refractivity (Wildman–Crippen MR) is 122 cm³/mol. The first-order chi connectivity index (χ1) is 15.8. The van der Waals surface area contributed by atoms with E-state index in [1.54, 1.807) is 13.8 Å². The van der Waals surface area contributed by atoms with E-state index in [1.807, 2.05) is 20.8 Å². The van der Waals surface area contributed by atoms with Gasteiger partial charge in [-0.25, -0.2) is 8.78 Å². The number of ether oxygens (including phenoxy) is 1. The van der Waals surface area contributed by atoms with Crippen LogP contribution in [0.5, 0.6) is 0 Å². The van der Waals surface area contributed by atoms with Gasteiger partial charge in [0.2, 0.25) is 0 Å². The van der Waals surface area contributed by atoms with Gasteiger partial charge in [-0.2, -0.15) is 0 Å². The molecule has 9 atom stereocenters. The average molecular weight is 479 g/mol. The summed E-state index contributed by atoms with van der Waals surface area (Å²) in [4.78, 5) is 37.1. The smallest absolute Gasteiger partial charge is 0.306 e. The number of allylic oxidation sites excluding steroid dienone is 4. The summed E-state index contributed by atoms with van der Waals surface area (Å²) >= 11 is 0. The summed E-state index contributed by atoms with van der Waals surface area (Å²) in [5, 5.41) is 11.4. The molecule has 34 heavy (non-hydrogen) atoms. The minimum absolute atomic E-state index is 0.0367. The van der Waals surface area contributed by atoms with E-state index in [0.717, 1.165) is 0 Å². The van der Waals surface area contributed by atoms with Crippen molar-refractivity contribution in [3.8, 4) is 0 Å². The van der Waals surface area contributed by atoms with Crippen molar-refractivity contribution >= 4 is 17.5 Å². The van der Waals surface area contributed by atoms with Crippen LogP contribution in [0.3, 0.4) is 0 Å². The molecule has 7 heteroatoms. The second kappa shape index (κ2) is 8.07. The fourth-order valence-electron chi connectivity index (χ4n) is 8.45. The van der Waals surface area contributed by atoms with Crippen LogP contribution in [0.1, 0.15) is 66.7 Å². The van der Waals surface area contributed by atoms with Crippen molar-refractivity contribution in [2.45, 2.75) is 84.7 Å². The predicted octanol–water partition coefficient (Wildman–Crippen LogP) is 4.47. The molecule has 0 spiro atoms. The number of hydrogen-bond acceptors (Lipinski definition) is 5. The molecule has 0 aliphatic heterocycles. The van der Waals surface area contributed by atoms with Crippen LogP contribution < -0.4 is 0 Å². The zero-order chi connectivity index (χ0) is 25.3. The Morgan fingerprint density at radius 2 is 1.91 bits per heavy atom. The number of rotatable bonds is 5. The molecular weight excluding hydrogens is 442 g/mol. The second-order valence-corrected chi connectivity index (χ2v) is 11.7. The number of hydrogen-bond donors (Lipinski definition) is 1. The summed E-state index contributed by atoms with van der Waals surface area (Å²) in [6.07, 6.45) is 2.12. The molecule has 0 aromatic heterocycles. The lowest BCUT2D eigenvalue weighted by atomic mass is 9.39. The van der Waals surface area contributed by atoms with Gasteiger partial charge in [0.15, 0.2) is 17.2 Å². The fraction of sp³-hybridized carbons (Fsp3) is 0.741. The highest BCUT2D eigenvalue weighted by Gasteiger charge is 2.77. The molecule has 3 fully saturated rings. The zero-order valence-corrected chi connectivity index (χ0v) is 20.7. The van der Waals surface area contributed by atoms with Crippen molar-refractivity contribution in [1.29, 1.82) is 0 Å². The normalized spacial score (nSPS) is 47.4. The van der Waals surface area contributed by atoms with Gasteiger partial charge in [-0.1, -0.05) is 33.8 Å². The molecule has 4 rings (SSSR count). The topological polar surface area (TPSA) is 80.7 Å². The van der Waals surface area contributed by atoms with Crippen LogP contribution in [0.25, 0.3) is 0 Å². The summed E-state index contributed by atoms with van der Waals surface area (Å²) in [6.45, 7) is 8.61. The van der Waals surface area contributed by atoms with Gasteiger partial charge in [0.25, 0.3) is 0 Å². The van der Waals surface area contributed by atoms with Crippen LogP contribution in [-0.4, -0.2) is 47.2 Å². The van der Waals surface area contributed by atoms with Gasteiger partial charge in [-0.05, 0) is 67.6 Å². The standard InChI is InChI=1S/C27H36F2O5/c1-6-7-22(33)34-14-19(31)23-15(2)10-20-24(23,3)13-21(32)27(29)25(4)9-8-16(30)11-17(25)18(28)12-26(20,27)5/h8-9,11,15,18,20-21,23,32H,6-7,10,12-14H2,1-5H3/t15-,18+,20-,21+,23-,24+,25+,26+,27+/m1/s1. The number of carbonyl (C=O) groups is 3. The molecule has 5 nitrogen and oxygen atoms in total. The number of fused-ring (bicyclic) bond motifs is 5. The Morgan fingerprint density at radius 3 is 2.56 bits per heavy atom. The van der Waals surface area contributed by atoms with Crippen LogP contribution in [0, 0.1) is 34.0 Å². The lowest BCUT2D eigenvalue weighted by molar-refractivity contribution is -0.246. The lowest BCUT2D eigenvalue weighted by Crippen LogP contribution is -2.73. The maximum absolute atomic E-state index is 17.4. The molecule has 0 radical (unpaired) electrons. The van der Waals surface area contributed by atoms with Gasteiger partial charge in [-0.3, -0.25) is 14.4 Å². The van der Waals surface area contributed by atoms with Crippen molar-refractivity contribution in [3.05, 3.63) is 23.8 Å². The van der Waals surface area contributed by atoms with Crippen LogP contribution in [0.2, 0.25) is 0 Å². The quantitative estimate of drug-likeness (QED) is 0.590. The van der Waals surface area contributed by atoms with Gasteiger partial charge in [0, 0.05) is 23.2 Å². The third-order valence-electron chi connectivity index (χ3n) is 9.73. The van der Waals surface area contributed by atoms with Crippen LogP contribution in [-0.2, 0) is 19.1 Å². The molecular formula is C27H36F2O5. The Balaban J connectivity index is 1.73. The van der Waals surface area contributed by atoms with E-state index in [2.05, 4.69) is 0 Å². The second-order valence-electron chi connectivity index (χ2n) is 11.7. The highest BCUT2D eigenvalue weighted by Crippen LogP contribution is 2.74. The number of Topliss-reactive ketones (excluding diaryl/α,β-unsaturated/α-hetero) is 1. The number of alkyl halides is 2. The summed E-state index contributed by atoms with van der Waals surface area (Å²) in [6, 6.07) is 0.